The van der Waals surface area contributed by atoms with Crippen LogP contribution in [0.25, 0.3) is 0 Å². The number of guanidine groups is 1. The Labute approximate surface area is 179 Å². The van der Waals surface area contributed by atoms with E-state index in [1.54, 1.807) is 7.11 Å². The van der Waals surface area contributed by atoms with Crippen LogP contribution in [0.5, 0.6) is 5.75 Å². The van der Waals surface area contributed by atoms with Gasteiger partial charge >= 0.3 is 0 Å². The van der Waals surface area contributed by atoms with Crippen LogP contribution >= 0.6 is 24.0 Å². The highest BCUT2D eigenvalue weighted by Crippen LogP contribution is 2.28. The maximum absolute atomic E-state index is 5.26. The largest absolute Gasteiger partial charge is 0.497 e. The van der Waals surface area contributed by atoms with Crippen LogP contribution in [0.2, 0.25) is 0 Å². The summed E-state index contributed by atoms with van der Waals surface area (Å²) >= 11 is 0. The summed E-state index contributed by atoms with van der Waals surface area (Å²) in [6.45, 7) is 5.82. The molecule has 1 atom stereocenters. The topological polar surface area (TPSA) is 54.7 Å². The third-order valence-corrected chi connectivity index (χ3v) is 4.83. The molecule has 0 saturated carbocycles. The highest BCUT2D eigenvalue weighted by molar-refractivity contribution is 14.0. The van der Waals surface area contributed by atoms with Gasteiger partial charge < -0.3 is 15.0 Å². The Bertz CT molecular complexity index is 728. The smallest absolute Gasteiger partial charge is 0.193 e. The van der Waals surface area contributed by atoms with Crippen molar-refractivity contribution in [2.24, 2.45) is 12.0 Å². The van der Waals surface area contributed by atoms with Crippen molar-refractivity contribution >= 4 is 29.9 Å². The molecule has 1 unspecified atom stereocenters. The molecule has 2 aromatic rings. The molecule has 7 heteroatoms. The van der Waals surface area contributed by atoms with E-state index in [1.165, 1.54) is 11.1 Å². The molecule has 148 valence electrons. The number of halogens is 1. The molecule has 0 spiro atoms. The number of methoxy groups -OCH3 is 1. The van der Waals surface area contributed by atoms with Crippen molar-refractivity contribution in [3.63, 3.8) is 0 Å². The summed E-state index contributed by atoms with van der Waals surface area (Å²) in [4.78, 5) is 7.21. The molecule has 0 radical (unpaired) electrons. The Balaban J connectivity index is 0.00000261. The molecular formula is C20H30IN5O. The summed E-state index contributed by atoms with van der Waals surface area (Å²) in [6, 6.07) is 8.45. The summed E-state index contributed by atoms with van der Waals surface area (Å²) in [5.74, 6) is 2.48. The lowest BCUT2D eigenvalue weighted by Crippen LogP contribution is -2.40. The minimum absolute atomic E-state index is 0. The first-order chi connectivity index (χ1) is 12.7. The van der Waals surface area contributed by atoms with Crippen LogP contribution in [0, 0.1) is 0 Å². The number of nitrogens with zero attached hydrogens (tertiary/aromatic N) is 4. The van der Waals surface area contributed by atoms with Crippen molar-refractivity contribution in [2.75, 3.05) is 33.3 Å². The van der Waals surface area contributed by atoms with Crippen molar-refractivity contribution < 1.29 is 4.74 Å². The Morgan fingerprint density at radius 2 is 2.11 bits per heavy atom. The number of hydrogen-bond donors (Lipinski definition) is 1. The van der Waals surface area contributed by atoms with Crippen molar-refractivity contribution in [3.05, 3.63) is 47.8 Å². The van der Waals surface area contributed by atoms with E-state index in [4.69, 9.17) is 9.73 Å². The van der Waals surface area contributed by atoms with Gasteiger partial charge in [-0.3, -0.25) is 9.67 Å². The number of rotatable bonds is 6. The van der Waals surface area contributed by atoms with Crippen molar-refractivity contribution in [1.29, 1.82) is 0 Å². The normalized spacial score (nSPS) is 16.9. The van der Waals surface area contributed by atoms with Gasteiger partial charge in [0.05, 0.1) is 13.3 Å². The second kappa shape index (κ2) is 10.5. The summed E-state index contributed by atoms with van der Waals surface area (Å²) in [5.41, 5.74) is 2.60. The predicted molar refractivity (Wildman–Crippen MR) is 120 cm³/mol. The number of aliphatic imine (C=N–C) groups is 1. The van der Waals surface area contributed by atoms with E-state index in [0.717, 1.165) is 50.7 Å². The highest BCUT2D eigenvalue weighted by Gasteiger charge is 2.26. The molecule has 0 bridgehead atoms. The fourth-order valence-corrected chi connectivity index (χ4v) is 3.42. The third-order valence-electron chi connectivity index (χ3n) is 4.83. The Morgan fingerprint density at radius 1 is 1.33 bits per heavy atom. The minimum Gasteiger partial charge on any atom is -0.497 e. The molecule has 1 aromatic heterocycles. The molecule has 3 rings (SSSR count). The SMILES string of the molecule is CCNC(=NCCc1cnn(C)c1)N1CCC(c2ccc(OC)cc2)C1.I. The number of likely N-dealkylation sites (tertiary alicyclic amines) is 1. The Hall–Kier alpha value is -1.77. The molecule has 1 saturated heterocycles. The highest BCUT2D eigenvalue weighted by atomic mass is 127. The molecule has 0 amide bonds. The lowest BCUT2D eigenvalue weighted by atomic mass is 9.98. The van der Waals surface area contributed by atoms with Gasteiger partial charge in [0, 0.05) is 45.3 Å². The van der Waals surface area contributed by atoms with Gasteiger partial charge in [-0.2, -0.15) is 5.10 Å². The van der Waals surface area contributed by atoms with Crippen molar-refractivity contribution in [2.45, 2.75) is 25.7 Å². The molecule has 1 aromatic carbocycles. The fourth-order valence-electron chi connectivity index (χ4n) is 3.42. The summed E-state index contributed by atoms with van der Waals surface area (Å²) in [5, 5.41) is 7.66. The van der Waals surface area contributed by atoms with Gasteiger partial charge in [0.15, 0.2) is 5.96 Å². The van der Waals surface area contributed by atoms with Gasteiger partial charge in [-0.1, -0.05) is 12.1 Å². The van der Waals surface area contributed by atoms with Crippen LogP contribution in [0.15, 0.2) is 41.7 Å². The predicted octanol–water partition coefficient (Wildman–Crippen LogP) is 3.04. The lowest BCUT2D eigenvalue weighted by Gasteiger charge is -2.21. The average molecular weight is 483 g/mol. The van der Waals surface area contributed by atoms with Gasteiger partial charge in [-0.25, -0.2) is 0 Å². The van der Waals surface area contributed by atoms with Crippen LogP contribution < -0.4 is 10.1 Å². The van der Waals surface area contributed by atoms with Crippen LogP contribution in [-0.4, -0.2) is 53.9 Å². The summed E-state index contributed by atoms with van der Waals surface area (Å²) in [7, 11) is 3.65. The van der Waals surface area contributed by atoms with Gasteiger partial charge in [-0.15, -0.1) is 24.0 Å². The number of hydrogen-bond acceptors (Lipinski definition) is 3. The van der Waals surface area contributed by atoms with E-state index < -0.39 is 0 Å². The maximum atomic E-state index is 5.26. The van der Waals surface area contributed by atoms with Crippen LogP contribution in [0.4, 0.5) is 0 Å². The lowest BCUT2D eigenvalue weighted by molar-refractivity contribution is 0.414. The first-order valence-electron chi connectivity index (χ1n) is 9.34. The zero-order valence-electron chi connectivity index (χ0n) is 16.4. The number of aryl methyl sites for hydroxylation is 1. The first kappa shape index (κ1) is 21.5. The van der Waals surface area contributed by atoms with Crippen molar-refractivity contribution in [3.8, 4) is 5.75 Å². The van der Waals surface area contributed by atoms with Gasteiger partial charge in [0.1, 0.15) is 5.75 Å². The molecule has 6 nitrogen and oxygen atoms in total. The molecule has 0 aliphatic carbocycles. The van der Waals surface area contributed by atoms with Crippen LogP contribution in [-0.2, 0) is 13.5 Å². The minimum atomic E-state index is 0. The zero-order valence-corrected chi connectivity index (χ0v) is 18.7. The van der Waals surface area contributed by atoms with Gasteiger partial charge in [-0.05, 0) is 43.0 Å². The number of aromatic nitrogens is 2. The Kier molecular flexibility index (Phi) is 8.40. The zero-order chi connectivity index (χ0) is 18.4. The quantitative estimate of drug-likeness (QED) is 0.390. The molecular weight excluding hydrogens is 453 g/mol. The molecule has 1 aliphatic rings. The number of ether oxygens (including phenoxy) is 1. The van der Waals surface area contributed by atoms with E-state index in [2.05, 4.69) is 40.6 Å². The van der Waals surface area contributed by atoms with E-state index in [0.29, 0.717) is 5.92 Å². The Morgan fingerprint density at radius 3 is 2.74 bits per heavy atom. The molecule has 2 heterocycles. The standard InChI is InChI=1S/C20H29N5O.HI/c1-4-21-20(22-11-9-16-13-23-24(2)14-16)25-12-10-18(15-25)17-5-7-19(26-3)8-6-17;/h5-8,13-14,18H,4,9-12,15H2,1-3H3,(H,21,22);1H. The average Bonchev–Trinajstić information content (AvgIpc) is 3.30. The first-order valence-corrected chi connectivity index (χ1v) is 9.34. The maximum Gasteiger partial charge on any atom is 0.193 e. The van der Waals surface area contributed by atoms with Crippen LogP contribution in [0.1, 0.15) is 30.4 Å². The molecule has 1 N–H and O–H groups in total. The molecule has 1 aliphatic heterocycles. The second-order valence-corrected chi connectivity index (χ2v) is 6.71. The van der Waals surface area contributed by atoms with E-state index in [9.17, 15) is 0 Å². The second-order valence-electron chi connectivity index (χ2n) is 6.71. The summed E-state index contributed by atoms with van der Waals surface area (Å²) < 4.78 is 7.10. The molecule has 27 heavy (non-hydrogen) atoms. The fraction of sp³-hybridized carbons (Fsp3) is 0.500. The van der Waals surface area contributed by atoms with Gasteiger partial charge in [0.2, 0.25) is 0 Å². The number of benzene rings is 1. The van der Waals surface area contributed by atoms with E-state index in [-0.39, 0.29) is 24.0 Å². The van der Waals surface area contributed by atoms with Crippen LogP contribution in [0.3, 0.4) is 0 Å². The van der Waals surface area contributed by atoms with Crippen molar-refractivity contribution in [1.82, 2.24) is 20.0 Å². The van der Waals surface area contributed by atoms with E-state index >= 15 is 0 Å². The molecule has 1 fully saturated rings. The monoisotopic (exact) mass is 483 g/mol. The summed E-state index contributed by atoms with van der Waals surface area (Å²) in [6.07, 6.45) is 6.04. The van der Waals surface area contributed by atoms with E-state index in [1.807, 2.05) is 30.1 Å². The van der Waals surface area contributed by atoms with Gasteiger partial charge in [0.25, 0.3) is 0 Å². The third kappa shape index (κ3) is 5.85. The number of nitrogens with one attached hydrogen (secondary N) is 1.